The smallest absolute Gasteiger partial charge is 0.238 e. The highest BCUT2D eigenvalue weighted by Gasteiger charge is 2.34. The second kappa shape index (κ2) is 6.90. The molecule has 2 amide bonds. The zero-order chi connectivity index (χ0) is 16.2. The van der Waals surface area contributed by atoms with Crippen LogP contribution < -0.4 is 5.32 Å². The maximum atomic E-state index is 12.4. The monoisotopic (exact) mass is 294 g/mol. The Bertz CT molecular complexity index is 435. The molecule has 118 valence electrons. The summed E-state index contributed by atoms with van der Waals surface area (Å²) in [6.07, 6.45) is 0. The van der Waals surface area contributed by atoms with Crippen molar-refractivity contribution in [3.63, 3.8) is 0 Å². The molecule has 1 fully saturated rings. The van der Waals surface area contributed by atoms with Crippen LogP contribution in [-0.4, -0.2) is 59.4 Å². The van der Waals surface area contributed by atoms with Gasteiger partial charge in [0.05, 0.1) is 12.1 Å². The lowest BCUT2D eigenvalue weighted by Gasteiger charge is -2.38. The Balaban J connectivity index is 2.60. The van der Waals surface area contributed by atoms with E-state index in [9.17, 15) is 14.9 Å². The standard InChI is InChI=1S/C15H26N4O2/c1-11(2)15(5,10-16)17-14(21)12(3)18-6-8-19(9-7-18)13(4)20/h11-12H,6-9H2,1-5H3,(H,17,21). The van der Waals surface area contributed by atoms with Crippen LogP contribution in [0.1, 0.15) is 34.6 Å². The van der Waals surface area contributed by atoms with Gasteiger partial charge in [-0.1, -0.05) is 13.8 Å². The first-order chi connectivity index (χ1) is 9.71. The van der Waals surface area contributed by atoms with Crippen molar-refractivity contribution in [2.45, 2.75) is 46.2 Å². The van der Waals surface area contributed by atoms with E-state index in [-0.39, 0.29) is 23.8 Å². The number of hydrogen-bond acceptors (Lipinski definition) is 4. The molecule has 1 heterocycles. The van der Waals surface area contributed by atoms with Crippen molar-refractivity contribution in [3.8, 4) is 6.07 Å². The SMILES string of the molecule is CC(=O)N1CCN(C(C)C(=O)NC(C)(C#N)C(C)C)CC1. The fourth-order valence-corrected chi connectivity index (χ4v) is 2.25. The minimum Gasteiger partial charge on any atom is -0.340 e. The van der Waals surface area contributed by atoms with E-state index in [2.05, 4.69) is 11.4 Å². The summed E-state index contributed by atoms with van der Waals surface area (Å²) in [5, 5.41) is 12.1. The van der Waals surface area contributed by atoms with Crippen molar-refractivity contribution >= 4 is 11.8 Å². The van der Waals surface area contributed by atoms with Gasteiger partial charge in [-0.3, -0.25) is 14.5 Å². The van der Waals surface area contributed by atoms with Crippen LogP contribution in [0.15, 0.2) is 0 Å². The maximum Gasteiger partial charge on any atom is 0.238 e. The van der Waals surface area contributed by atoms with Crippen LogP contribution >= 0.6 is 0 Å². The largest absolute Gasteiger partial charge is 0.340 e. The highest BCUT2D eigenvalue weighted by molar-refractivity contribution is 5.82. The molecule has 0 aromatic carbocycles. The van der Waals surface area contributed by atoms with Gasteiger partial charge in [0.1, 0.15) is 5.54 Å². The molecule has 0 radical (unpaired) electrons. The Labute approximate surface area is 127 Å². The number of nitrogens with one attached hydrogen (secondary N) is 1. The van der Waals surface area contributed by atoms with Crippen molar-refractivity contribution in [3.05, 3.63) is 0 Å². The second-order valence-electron chi connectivity index (χ2n) is 6.18. The van der Waals surface area contributed by atoms with E-state index in [0.29, 0.717) is 26.2 Å². The molecule has 1 aliphatic heterocycles. The van der Waals surface area contributed by atoms with Crippen LogP contribution in [0, 0.1) is 17.2 Å². The number of rotatable bonds is 4. The molecule has 2 atom stereocenters. The third-order valence-corrected chi connectivity index (χ3v) is 4.46. The van der Waals surface area contributed by atoms with E-state index in [1.54, 1.807) is 18.7 Å². The van der Waals surface area contributed by atoms with Gasteiger partial charge in [0.25, 0.3) is 0 Å². The molecule has 1 aliphatic rings. The lowest BCUT2D eigenvalue weighted by molar-refractivity contribution is -0.132. The van der Waals surface area contributed by atoms with E-state index in [4.69, 9.17) is 0 Å². The number of carbonyl (C=O) groups is 2. The van der Waals surface area contributed by atoms with Gasteiger partial charge in [0.15, 0.2) is 0 Å². The quantitative estimate of drug-likeness (QED) is 0.823. The van der Waals surface area contributed by atoms with Crippen LogP contribution in [0.3, 0.4) is 0 Å². The highest BCUT2D eigenvalue weighted by Crippen LogP contribution is 2.16. The third-order valence-electron chi connectivity index (χ3n) is 4.46. The minimum absolute atomic E-state index is 0.0354. The highest BCUT2D eigenvalue weighted by atomic mass is 16.2. The molecule has 6 heteroatoms. The topological polar surface area (TPSA) is 76.4 Å². The van der Waals surface area contributed by atoms with Crippen molar-refractivity contribution in [1.29, 1.82) is 5.26 Å². The van der Waals surface area contributed by atoms with Crippen LogP contribution in [0.2, 0.25) is 0 Å². The summed E-state index contributed by atoms with van der Waals surface area (Å²) in [5.74, 6) is -0.0270. The molecule has 6 nitrogen and oxygen atoms in total. The molecule has 1 N–H and O–H groups in total. The van der Waals surface area contributed by atoms with Gasteiger partial charge in [0, 0.05) is 33.1 Å². The number of hydrogen-bond donors (Lipinski definition) is 1. The Morgan fingerprint density at radius 1 is 1.19 bits per heavy atom. The average molecular weight is 294 g/mol. The predicted octanol–water partition coefficient (Wildman–Crippen LogP) is 0.593. The van der Waals surface area contributed by atoms with Gasteiger partial charge in [-0.2, -0.15) is 5.26 Å². The minimum atomic E-state index is -0.855. The summed E-state index contributed by atoms with van der Waals surface area (Å²) in [5.41, 5.74) is -0.855. The molecule has 1 saturated heterocycles. The number of carbonyl (C=O) groups excluding carboxylic acids is 2. The second-order valence-corrected chi connectivity index (χ2v) is 6.18. The lowest BCUT2D eigenvalue weighted by atomic mass is 9.89. The molecule has 1 rings (SSSR count). The summed E-state index contributed by atoms with van der Waals surface area (Å²) in [6.45, 7) is 11.6. The molecule has 0 aliphatic carbocycles. The number of amides is 2. The first-order valence-electron chi connectivity index (χ1n) is 7.44. The molecular weight excluding hydrogens is 268 g/mol. The molecule has 2 unspecified atom stereocenters. The molecule has 21 heavy (non-hydrogen) atoms. The Hall–Kier alpha value is -1.61. The first-order valence-corrected chi connectivity index (χ1v) is 7.44. The summed E-state index contributed by atoms with van der Waals surface area (Å²) in [4.78, 5) is 27.5. The maximum absolute atomic E-state index is 12.4. The predicted molar refractivity (Wildman–Crippen MR) is 80.3 cm³/mol. The Morgan fingerprint density at radius 2 is 1.71 bits per heavy atom. The van der Waals surface area contributed by atoms with E-state index in [0.717, 1.165) is 0 Å². The van der Waals surface area contributed by atoms with Gasteiger partial charge in [-0.25, -0.2) is 0 Å². The summed E-state index contributed by atoms with van der Waals surface area (Å²) >= 11 is 0. The van der Waals surface area contributed by atoms with E-state index in [1.165, 1.54) is 0 Å². The molecular formula is C15H26N4O2. The van der Waals surface area contributed by atoms with Crippen LogP contribution in [0.25, 0.3) is 0 Å². The van der Waals surface area contributed by atoms with Crippen LogP contribution in [0.4, 0.5) is 0 Å². The normalized spacial score (nSPS) is 20.5. The summed E-state index contributed by atoms with van der Waals surface area (Å²) in [7, 11) is 0. The lowest BCUT2D eigenvalue weighted by Crippen LogP contribution is -2.58. The van der Waals surface area contributed by atoms with Gasteiger partial charge < -0.3 is 10.2 Å². The molecule has 0 spiro atoms. The fourth-order valence-electron chi connectivity index (χ4n) is 2.25. The molecule has 0 bridgehead atoms. The van der Waals surface area contributed by atoms with Crippen molar-refractivity contribution in [2.75, 3.05) is 26.2 Å². The first kappa shape index (κ1) is 17.4. The fraction of sp³-hybridized carbons (Fsp3) is 0.800. The molecule has 0 aromatic rings. The molecule has 0 aromatic heterocycles. The van der Waals surface area contributed by atoms with Gasteiger partial charge in [-0.05, 0) is 19.8 Å². The third kappa shape index (κ3) is 4.18. The molecule has 0 saturated carbocycles. The van der Waals surface area contributed by atoms with E-state index < -0.39 is 5.54 Å². The number of nitrogens with zero attached hydrogens (tertiary/aromatic N) is 3. The van der Waals surface area contributed by atoms with Crippen LogP contribution in [0.5, 0.6) is 0 Å². The van der Waals surface area contributed by atoms with Gasteiger partial charge in [-0.15, -0.1) is 0 Å². The van der Waals surface area contributed by atoms with Gasteiger partial charge >= 0.3 is 0 Å². The van der Waals surface area contributed by atoms with Crippen LogP contribution in [-0.2, 0) is 9.59 Å². The zero-order valence-corrected chi connectivity index (χ0v) is 13.6. The van der Waals surface area contributed by atoms with E-state index in [1.807, 2.05) is 25.7 Å². The number of piperazine rings is 1. The van der Waals surface area contributed by atoms with Crippen molar-refractivity contribution < 1.29 is 9.59 Å². The number of nitriles is 1. The van der Waals surface area contributed by atoms with Crippen molar-refractivity contribution in [2.24, 2.45) is 5.92 Å². The average Bonchev–Trinajstić information content (AvgIpc) is 2.46. The zero-order valence-electron chi connectivity index (χ0n) is 13.6. The Morgan fingerprint density at radius 3 is 2.10 bits per heavy atom. The summed E-state index contributed by atoms with van der Waals surface area (Å²) < 4.78 is 0. The van der Waals surface area contributed by atoms with Crippen molar-refractivity contribution in [1.82, 2.24) is 15.1 Å². The Kier molecular flexibility index (Phi) is 5.73. The van der Waals surface area contributed by atoms with Gasteiger partial charge in [0.2, 0.25) is 11.8 Å². The van der Waals surface area contributed by atoms with E-state index >= 15 is 0 Å². The summed E-state index contributed by atoms with van der Waals surface area (Å²) in [6, 6.07) is 1.88.